The number of rotatable bonds is 8. The summed E-state index contributed by atoms with van der Waals surface area (Å²) in [6, 6.07) is 14.4. The van der Waals surface area contributed by atoms with Crippen LogP contribution in [0.2, 0.25) is 0 Å². The van der Waals surface area contributed by atoms with Crippen molar-refractivity contribution < 1.29 is 19.0 Å². The van der Waals surface area contributed by atoms with Gasteiger partial charge in [-0.3, -0.25) is 0 Å². The third-order valence-electron chi connectivity index (χ3n) is 3.57. The van der Waals surface area contributed by atoms with Crippen LogP contribution in [0.1, 0.15) is 24.2 Å². The molecule has 0 bridgehead atoms. The van der Waals surface area contributed by atoms with Gasteiger partial charge >= 0.3 is 5.97 Å². The summed E-state index contributed by atoms with van der Waals surface area (Å²) in [7, 11) is 1.62. The predicted molar refractivity (Wildman–Crippen MR) is 110 cm³/mol. The first kappa shape index (κ1) is 20.5. The molecular weight excluding hydrogens is 364 g/mol. The van der Waals surface area contributed by atoms with Gasteiger partial charge in [0.15, 0.2) is 5.11 Å². The largest absolute Gasteiger partial charge is 0.497 e. The maximum atomic E-state index is 11.8. The van der Waals surface area contributed by atoms with Crippen LogP contribution in [0.25, 0.3) is 0 Å². The van der Waals surface area contributed by atoms with Crippen molar-refractivity contribution in [3.05, 3.63) is 54.1 Å². The first-order chi connectivity index (χ1) is 13.0. The monoisotopic (exact) mass is 388 g/mol. The van der Waals surface area contributed by atoms with Crippen molar-refractivity contribution in [2.75, 3.05) is 25.6 Å². The standard InChI is InChI=1S/C20H24N2O4S/c1-4-25-19(23)15-6-5-7-16(12-15)22-20(27)21-14(2)13-26-18-10-8-17(24-3)9-11-18/h5-12,14H,4,13H2,1-3H3,(H2,21,22,27)/t14-/m1/s1. The van der Waals surface area contributed by atoms with Gasteiger partial charge in [0.1, 0.15) is 18.1 Å². The number of hydrogen-bond donors (Lipinski definition) is 2. The number of nitrogens with one attached hydrogen (secondary N) is 2. The fourth-order valence-corrected chi connectivity index (χ4v) is 2.58. The van der Waals surface area contributed by atoms with Gasteiger partial charge in [-0.15, -0.1) is 0 Å². The average molecular weight is 388 g/mol. The van der Waals surface area contributed by atoms with Gasteiger partial charge < -0.3 is 24.8 Å². The molecule has 144 valence electrons. The Morgan fingerprint density at radius 1 is 1.15 bits per heavy atom. The van der Waals surface area contributed by atoms with E-state index in [-0.39, 0.29) is 12.0 Å². The summed E-state index contributed by atoms with van der Waals surface area (Å²) in [5.74, 6) is 1.18. The molecule has 2 aromatic rings. The Bertz CT molecular complexity index is 765. The molecule has 7 heteroatoms. The van der Waals surface area contributed by atoms with Crippen LogP contribution in [-0.2, 0) is 4.74 Å². The van der Waals surface area contributed by atoms with E-state index in [0.29, 0.717) is 29.6 Å². The highest BCUT2D eigenvalue weighted by Gasteiger charge is 2.09. The smallest absolute Gasteiger partial charge is 0.338 e. The number of ether oxygens (including phenoxy) is 3. The minimum Gasteiger partial charge on any atom is -0.497 e. The number of thiocarbonyl (C=S) groups is 1. The van der Waals surface area contributed by atoms with Crippen molar-refractivity contribution in [2.24, 2.45) is 0 Å². The van der Waals surface area contributed by atoms with E-state index in [1.807, 2.05) is 37.3 Å². The zero-order valence-electron chi connectivity index (χ0n) is 15.7. The lowest BCUT2D eigenvalue weighted by Gasteiger charge is -2.18. The molecule has 0 aliphatic carbocycles. The van der Waals surface area contributed by atoms with Gasteiger partial charge in [-0.25, -0.2) is 4.79 Å². The van der Waals surface area contributed by atoms with E-state index in [9.17, 15) is 4.79 Å². The molecule has 0 radical (unpaired) electrons. The molecule has 0 fully saturated rings. The van der Waals surface area contributed by atoms with Crippen LogP contribution < -0.4 is 20.1 Å². The molecule has 0 saturated heterocycles. The van der Waals surface area contributed by atoms with Crippen molar-refractivity contribution in [3.63, 3.8) is 0 Å². The van der Waals surface area contributed by atoms with Crippen LogP contribution in [0.3, 0.4) is 0 Å². The molecule has 2 aromatic carbocycles. The number of methoxy groups -OCH3 is 1. The molecule has 0 unspecified atom stereocenters. The van der Waals surface area contributed by atoms with E-state index in [1.165, 1.54) is 0 Å². The van der Waals surface area contributed by atoms with Crippen molar-refractivity contribution in [3.8, 4) is 11.5 Å². The van der Waals surface area contributed by atoms with Crippen LogP contribution in [0.5, 0.6) is 11.5 Å². The number of carbonyl (C=O) groups excluding carboxylic acids is 1. The third kappa shape index (κ3) is 6.79. The molecule has 0 aliphatic rings. The first-order valence-corrected chi connectivity index (χ1v) is 9.04. The van der Waals surface area contributed by atoms with Crippen LogP contribution in [0.4, 0.5) is 5.69 Å². The van der Waals surface area contributed by atoms with Crippen molar-refractivity contribution in [1.82, 2.24) is 5.32 Å². The van der Waals surface area contributed by atoms with Crippen molar-refractivity contribution in [2.45, 2.75) is 19.9 Å². The molecule has 0 aliphatic heterocycles. The Morgan fingerprint density at radius 3 is 2.52 bits per heavy atom. The van der Waals surface area contributed by atoms with Crippen molar-refractivity contribution >= 4 is 29.0 Å². The Balaban J connectivity index is 1.82. The summed E-state index contributed by atoms with van der Waals surface area (Å²) < 4.78 is 15.8. The summed E-state index contributed by atoms with van der Waals surface area (Å²) in [6.07, 6.45) is 0. The number of carbonyl (C=O) groups is 1. The first-order valence-electron chi connectivity index (χ1n) is 8.63. The highest BCUT2D eigenvalue weighted by molar-refractivity contribution is 7.80. The van der Waals surface area contributed by atoms with E-state index in [0.717, 1.165) is 11.5 Å². The highest BCUT2D eigenvalue weighted by atomic mass is 32.1. The fourth-order valence-electron chi connectivity index (χ4n) is 2.26. The SMILES string of the molecule is CCOC(=O)c1cccc(NC(=S)N[C@H](C)COc2ccc(OC)cc2)c1. The van der Waals surface area contributed by atoms with E-state index in [1.54, 1.807) is 32.2 Å². The second-order valence-corrected chi connectivity index (χ2v) is 6.20. The van der Waals surface area contributed by atoms with E-state index in [4.69, 9.17) is 26.4 Å². The molecular formula is C20H24N2O4S. The van der Waals surface area contributed by atoms with Gasteiger partial charge in [0, 0.05) is 5.69 Å². The second-order valence-electron chi connectivity index (χ2n) is 5.79. The summed E-state index contributed by atoms with van der Waals surface area (Å²) in [4.78, 5) is 11.8. The number of hydrogen-bond acceptors (Lipinski definition) is 5. The molecule has 0 heterocycles. The molecule has 2 rings (SSSR count). The highest BCUT2D eigenvalue weighted by Crippen LogP contribution is 2.17. The molecule has 6 nitrogen and oxygen atoms in total. The molecule has 27 heavy (non-hydrogen) atoms. The lowest BCUT2D eigenvalue weighted by Crippen LogP contribution is -2.39. The van der Waals surface area contributed by atoms with Gasteiger partial charge in [-0.1, -0.05) is 6.07 Å². The average Bonchev–Trinajstić information content (AvgIpc) is 2.67. The quantitative estimate of drug-likeness (QED) is 0.529. The van der Waals surface area contributed by atoms with Crippen LogP contribution in [-0.4, -0.2) is 37.4 Å². The minimum atomic E-state index is -0.360. The van der Waals surface area contributed by atoms with Gasteiger partial charge in [-0.05, 0) is 68.5 Å². The number of benzene rings is 2. The second kappa shape index (κ2) is 10.4. The molecule has 0 saturated carbocycles. The van der Waals surface area contributed by atoms with Gasteiger partial charge in [-0.2, -0.15) is 0 Å². The normalized spacial score (nSPS) is 11.2. The summed E-state index contributed by atoms with van der Waals surface area (Å²) >= 11 is 5.33. The van der Waals surface area contributed by atoms with E-state index < -0.39 is 0 Å². The van der Waals surface area contributed by atoms with E-state index in [2.05, 4.69) is 10.6 Å². The zero-order valence-corrected chi connectivity index (χ0v) is 16.5. The maximum absolute atomic E-state index is 11.8. The summed E-state index contributed by atoms with van der Waals surface area (Å²) in [6.45, 7) is 4.51. The fraction of sp³-hybridized carbons (Fsp3) is 0.300. The van der Waals surface area contributed by atoms with Gasteiger partial charge in [0.05, 0.1) is 25.3 Å². The van der Waals surface area contributed by atoms with Gasteiger partial charge in [0.25, 0.3) is 0 Å². The third-order valence-corrected chi connectivity index (χ3v) is 3.79. The van der Waals surface area contributed by atoms with Crippen LogP contribution >= 0.6 is 12.2 Å². The van der Waals surface area contributed by atoms with Crippen molar-refractivity contribution in [1.29, 1.82) is 0 Å². The number of anilines is 1. The minimum absolute atomic E-state index is 0.0136. The Labute approximate surface area is 164 Å². The zero-order chi connectivity index (χ0) is 19.6. The van der Waals surface area contributed by atoms with E-state index >= 15 is 0 Å². The summed E-state index contributed by atoms with van der Waals surface area (Å²) in [5.41, 5.74) is 1.18. The molecule has 0 amide bonds. The molecule has 0 aromatic heterocycles. The van der Waals surface area contributed by atoms with Crippen LogP contribution in [0, 0.1) is 0 Å². The molecule has 1 atom stereocenters. The molecule has 0 spiro atoms. The Kier molecular flexibility index (Phi) is 7.88. The summed E-state index contributed by atoms with van der Waals surface area (Å²) in [5, 5.41) is 6.66. The van der Waals surface area contributed by atoms with Gasteiger partial charge in [0.2, 0.25) is 0 Å². The Morgan fingerprint density at radius 2 is 1.85 bits per heavy atom. The lowest BCUT2D eigenvalue weighted by molar-refractivity contribution is 0.0526. The Hall–Kier alpha value is -2.80. The molecule has 2 N–H and O–H groups in total. The predicted octanol–water partition coefficient (Wildman–Crippen LogP) is 3.63. The topological polar surface area (TPSA) is 68.8 Å². The van der Waals surface area contributed by atoms with Crippen LogP contribution in [0.15, 0.2) is 48.5 Å². The lowest BCUT2D eigenvalue weighted by atomic mass is 10.2. The number of esters is 1. The maximum Gasteiger partial charge on any atom is 0.338 e.